The van der Waals surface area contributed by atoms with Crippen LogP contribution in [0.25, 0.3) is 0 Å². The van der Waals surface area contributed by atoms with Gasteiger partial charge in [-0.25, -0.2) is 13.6 Å². The molecule has 6 heteroatoms. The van der Waals surface area contributed by atoms with Crippen LogP contribution in [0.2, 0.25) is 0 Å². The molecule has 1 rings (SSSR count). The Morgan fingerprint density at radius 1 is 1.33 bits per heavy atom. The quantitative estimate of drug-likeness (QED) is 0.609. The predicted molar refractivity (Wildman–Crippen MR) is 44.9 cm³/mol. The van der Waals surface area contributed by atoms with Crippen molar-refractivity contribution < 1.29 is 28.2 Å². The fourth-order valence-electron chi connectivity index (χ4n) is 1.02. The number of carboxylic acid groups (broad SMARTS) is 1. The summed E-state index contributed by atoms with van der Waals surface area (Å²) in [6.45, 7) is 0. The van der Waals surface area contributed by atoms with Gasteiger partial charge in [0.25, 0.3) is 5.78 Å². The standard InChI is InChI=1S/C9H6F2O4/c1-15-5-3-2-4(10)7(11)6(5)8(12)9(13)14/h2-3H,1H3,(H,13,14). The van der Waals surface area contributed by atoms with Crippen molar-refractivity contribution in [2.45, 2.75) is 0 Å². The number of methoxy groups -OCH3 is 1. The van der Waals surface area contributed by atoms with Crippen molar-refractivity contribution in [1.29, 1.82) is 0 Å². The van der Waals surface area contributed by atoms with E-state index in [0.29, 0.717) is 0 Å². The lowest BCUT2D eigenvalue weighted by Crippen LogP contribution is -2.16. The topological polar surface area (TPSA) is 63.6 Å². The van der Waals surface area contributed by atoms with Gasteiger partial charge in [0.2, 0.25) is 0 Å². The van der Waals surface area contributed by atoms with Crippen molar-refractivity contribution in [2.75, 3.05) is 7.11 Å². The molecule has 0 amide bonds. The van der Waals surface area contributed by atoms with Gasteiger partial charge in [0.15, 0.2) is 11.6 Å². The Labute approximate surface area is 83.1 Å². The molecule has 15 heavy (non-hydrogen) atoms. The Hall–Kier alpha value is -1.98. The summed E-state index contributed by atoms with van der Waals surface area (Å²) >= 11 is 0. The highest BCUT2D eigenvalue weighted by Gasteiger charge is 2.25. The minimum atomic E-state index is -1.88. The van der Waals surface area contributed by atoms with Gasteiger partial charge >= 0.3 is 5.97 Å². The molecule has 0 radical (unpaired) electrons. The molecule has 1 aromatic rings. The fraction of sp³-hybridized carbons (Fsp3) is 0.111. The molecule has 1 aromatic carbocycles. The zero-order valence-electron chi connectivity index (χ0n) is 7.58. The summed E-state index contributed by atoms with van der Waals surface area (Å²) in [5.74, 6) is -6.58. The maximum Gasteiger partial charge on any atom is 0.377 e. The smallest absolute Gasteiger partial charge is 0.377 e. The minimum Gasteiger partial charge on any atom is -0.496 e. The molecule has 0 saturated carbocycles. The van der Waals surface area contributed by atoms with Crippen molar-refractivity contribution in [3.63, 3.8) is 0 Å². The van der Waals surface area contributed by atoms with E-state index >= 15 is 0 Å². The zero-order chi connectivity index (χ0) is 11.6. The van der Waals surface area contributed by atoms with E-state index in [9.17, 15) is 18.4 Å². The van der Waals surface area contributed by atoms with Crippen LogP contribution < -0.4 is 4.74 Å². The van der Waals surface area contributed by atoms with Gasteiger partial charge in [-0.1, -0.05) is 0 Å². The van der Waals surface area contributed by atoms with Gasteiger partial charge in [-0.15, -0.1) is 0 Å². The molecule has 1 N–H and O–H groups in total. The highest BCUT2D eigenvalue weighted by Crippen LogP contribution is 2.24. The number of Topliss-reactive ketones (excluding diaryl/α,β-unsaturated/α-hetero) is 1. The lowest BCUT2D eigenvalue weighted by molar-refractivity contribution is -0.131. The van der Waals surface area contributed by atoms with Crippen molar-refractivity contribution in [2.24, 2.45) is 0 Å². The van der Waals surface area contributed by atoms with Crippen molar-refractivity contribution >= 4 is 11.8 Å². The Kier molecular flexibility index (Phi) is 2.99. The number of halogens is 2. The second-order valence-corrected chi connectivity index (χ2v) is 2.57. The Balaban J connectivity index is 3.42. The van der Waals surface area contributed by atoms with Gasteiger partial charge in [-0.3, -0.25) is 4.79 Å². The van der Waals surface area contributed by atoms with E-state index in [4.69, 9.17) is 5.11 Å². The van der Waals surface area contributed by atoms with Gasteiger partial charge in [0.05, 0.1) is 7.11 Å². The normalized spacial score (nSPS) is 9.80. The maximum absolute atomic E-state index is 13.1. The van der Waals surface area contributed by atoms with E-state index in [0.717, 1.165) is 19.2 Å². The number of ether oxygens (including phenoxy) is 1. The largest absolute Gasteiger partial charge is 0.496 e. The summed E-state index contributed by atoms with van der Waals surface area (Å²) in [6.07, 6.45) is 0. The minimum absolute atomic E-state index is 0.318. The van der Waals surface area contributed by atoms with Crippen molar-refractivity contribution in [1.82, 2.24) is 0 Å². The Bertz CT molecular complexity index is 428. The Morgan fingerprint density at radius 2 is 1.93 bits per heavy atom. The molecule has 0 unspecified atom stereocenters. The van der Waals surface area contributed by atoms with Crippen molar-refractivity contribution in [3.05, 3.63) is 29.3 Å². The summed E-state index contributed by atoms with van der Waals surface area (Å²) in [5.41, 5.74) is -0.912. The molecule has 0 spiro atoms. The molecule has 0 aromatic heterocycles. The second kappa shape index (κ2) is 4.04. The molecule has 80 valence electrons. The molecule has 0 aliphatic rings. The molecule has 4 nitrogen and oxygen atoms in total. The van der Waals surface area contributed by atoms with Crippen LogP contribution in [0, 0.1) is 11.6 Å². The van der Waals surface area contributed by atoms with Gasteiger partial charge in [0.1, 0.15) is 11.3 Å². The van der Waals surface area contributed by atoms with E-state index in [1.807, 2.05) is 0 Å². The Morgan fingerprint density at radius 3 is 2.40 bits per heavy atom. The van der Waals surface area contributed by atoms with Gasteiger partial charge in [-0.2, -0.15) is 0 Å². The third kappa shape index (κ3) is 1.93. The van der Waals surface area contributed by atoms with Crippen LogP contribution in [0.15, 0.2) is 12.1 Å². The number of benzene rings is 1. The predicted octanol–water partition coefficient (Wildman–Crippen LogP) is 1.24. The molecule has 0 heterocycles. The van der Waals surface area contributed by atoms with Crippen molar-refractivity contribution in [3.8, 4) is 5.75 Å². The first kappa shape index (κ1) is 11.1. The van der Waals surface area contributed by atoms with Crippen LogP contribution in [0.4, 0.5) is 8.78 Å². The summed E-state index contributed by atoms with van der Waals surface area (Å²) in [5, 5.41) is 8.38. The molecule has 0 saturated heterocycles. The number of carboxylic acids is 1. The van der Waals surface area contributed by atoms with Crippen LogP contribution >= 0.6 is 0 Å². The third-order valence-electron chi connectivity index (χ3n) is 1.70. The SMILES string of the molecule is COc1ccc(F)c(F)c1C(=O)C(=O)O. The van der Waals surface area contributed by atoms with E-state index in [1.54, 1.807) is 0 Å². The first-order chi connectivity index (χ1) is 6.99. The molecule has 0 aliphatic heterocycles. The maximum atomic E-state index is 13.1. The zero-order valence-corrected chi connectivity index (χ0v) is 7.58. The molecule has 0 atom stereocenters. The average molecular weight is 216 g/mol. The summed E-state index contributed by atoms with van der Waals surface area (Å²) < 4.78 is 30.4. The summed E-state index contributed by atoms with van der Waals surface area (Å²) in [7, 11) is 1.12. The number of hydrogen-bond donors (Lipinski definition) is 1. The lowest BCUT2D eigenvalue weighted by atomic mass is 10.1. The van der Waals surface area contributed by atoms with Crippen LogP contribution in [-0.2, 0) is 4.79 Å². The van der Waals surface area contributed by atoms with Crippen LogP contribution in [-0.4, -0.2) is 24.0 Å². The molecule has 0 bridgehead atoms. The van der Waals surface area contributed by atoms with Crippen LogP contribution in [0.1, 0.15) is 10.4 Å². The molecular formula is C9H6F2O4. The fourth-order valence-corrected chi connectivity index (χ4v) is 1.02. The van der Waals surface area contributed by atoms with Gasteiger partial charge in [0, 0.05) is 0 Å². The number of carbonyl (C=O) groups excluding carboxylic acids is 1. The number of rotatable bonds is 3. The average Bonchev–Trinajstić information content (AvgIpc) is 2.20. The third-order valence-corrected chi connectivity index (χ3v) is 1.70. The summed E-state index contributed by atoms with van der Waals surface area (Å²) in [4.78, 5) is 21.3. The number of aliphatic carboxylic acids is 1. The molecule has 0 aliphatic carbocycles. The summed E-state index contributed by atoms with van der Waals surface area (Å²) in [6, 6.07) is 1.72. The monoisotopic (exact) mass is 216 g/mol. The van der Waals surface area contributed by atoms with Crippen LogP contribution in [0.3, 0.4) is 0 Å². The molecular weight excluding hydrogens is 210 g/mol. The van der Waals surface area contributed by atoms with Gasteiger partial charge in [-0.05, 0) is 12.1 Å². The first-order valence-corrected chi connectivity index (χ1v) is 3.78. The number of hydrogen-bond acceptors (Lipinski definition) is 3. The van der Waals surface area contributed by atoms with E-state index in [-0.39, 0.29) is 5.75 Å². The number of ketones is 1. The van der Waals surface area contributed by atoms with E-state index < -0.39 is 29.0 Å². The first-order valence-electron chi connectivity index (χ1n) is 3.78. The number of carbonyl (C=O) groups is 2. The second-order valence-electron chi connectivity index (χ2n) is 2.57. The highest BCUT2D eigenvalue weighted by atomic mass is 19.2. The molecule has 0 fully saturated rings. The highest BCUT2D eigenvalue weighted by molar-refractivity contribution is 6.40. The van der Waals surface area contributed by atoms with Gasteiger partial charge < -0.3 is 9.84 Å². The van der Waals surface area contributed by atoms with E-state index in [2.05, 4.69) is 4.74 Å². The van der Waals surface area contributed by atoms with Crippen LogP contribution in [0.5, 0.6) is 5.75 Å². The van der Waals surface area contributed by atoms with E-state index in [1.165, 1.54) is 0 Å². The lowest BCUT2D eigenvalue weighted by Gasteiger charge is -2.06.